The standard InChI is InChI=1S/C7H7F2N3/c8-7(9)3-12(4-7)6-1-2-10-5-11-6/h1-2,5H,3-4H2. The van der Waals surface area contributed by atoms with E-state index in [-0.39, 0.29) is 13.1 Å². The summed E-state index contributed by atoms with van der Waals surface area (Å²) in [7, 11) is 0. The highest BCUT2D eigenvalue weighted by Gasteiger charge is 2.44. The Morgan fingerprint density at radius 1 is 1.42 bits per heavy atom. The van der Waals surface area contributed by atoms with Gasteiger partial charge in [0.25, 0.3) is 5.92 Å². The van der Waals surface area contributed by atoms with Crippen molar-refractivity contribution in [2.24, 2.45) is 0 Å². The molecule has 5 heteroatoms. The van der Waals surface area contributed by atoms with Crippen LogP contribution in [0.2, 0.25) is 0 Å². The first kappa shape index (κ1) is 7.39. The summed E-state index contributed by atoms with van der Waals surface area (Å²) in [5.41, 5.74) is 0. The van der Waals surface area contributed by atoms with Crippen LogP contribution in [0.4, 0.5) is 14.6 Å². The van der Waals surface area contributed by atoms with Crippen LogP contribution in [-0.2, 0) is 0 Å². The number of rotatable bonds is 1. The second kappa shape index (κ2) is 2.36. The smallest absolute Gasteiger partial charge is 0.282 e. The van der Waals surface area contributed by atoms with Gasteiger partial charge in [0.15, 0.2) is 0 Å². The number of anilines is 1. The lowest BCUT2D eigenvalue weighted by Crippen LogP contribution is -2.56. The fourth-order valence-corrected chi connectivity index (χ4v) is 1.14. The third kappa shape index (κ3) is 1.22. The Morgan fingerprint density at radius 3 is 2.67 bits per heavy atom. The zero-order valence-corrected chi connectivity index (χ0v) is 6.24. The number of aromatic nitrogens is 2. The van der Waals surface area contributed by atoms with Gasteiger partial charge < -0.3 is 4.90 Å². The van der Waals surface area contributed by atoms with E-state index in [0.717, 1.165) is 0 Å². The van der Waals surface area contributed by atoms with E-state index < -0.39 is 5.92 Å². The molecule has 0 aromatic carbocycles. The van der Waals surface area contributed by atoms with Crippen LogP contribution >= 0.6 is 0 Å². The van der Waals surface area contributed by atoms with Gasteiger partial charge in [-0.1, -0.05) is 0 Å². The van der Waals surface area contributed by atoms with E-state index in [4.69, 9.17) is 0 Å². The van der Waals surface area contributed by atoms with Crippen molar-refractivity contribution in [3.05, 3.63) is 18.6 Å². The molecule has 3 nitrogen and oxygen atoms in total. The summed E-state index contributed by atoms with van der Waals surface area (Å²) >= 11 is 0. The fraction of sp³-hybridized carbons (Fsp3) is 0.429. The van der Waals surface area contributed by atoms with Crippen molar-refractivity contribution in [1.29, 1.82) is 0 Å². The highest BCUT2D eigenvalue weighted by atomic mass is 19.3. The minimum absolute atomic E-state index is 0.232. The molecular weight excluding hydrogens is 164 g/mol. The normalized spacial score (nSPS) is 20.3. The SMILES string of the molecule is FC1(F)CN(c2ccncn2)C1. The van der Waals surface area contributed by atoms with Crippen LogP contribution in [0.25, 0.3) is 0 Å². The van der Waals surface area contributed by atoms with Crippen LogP contribution < -0.4 is 4.90 Å². The van der Waals surface area contributed by atoms with E-state index in [1.165, 1.54) is 11.2 Å². The molecule has 0 N–H and O–H groups in total. The van der Waals surface area contributed by atoms with Gasteiger partial charge in [-0.15, -0.1) is 0 Å². The molecule has 0 saturated carbocycles. The van der Waals surface area contributed by atoms with Gasteiger partial charge in [-0.3, -0.25) is 0 Å². The minimum atomic E-state index is -2.54. The summed E-state index contributed by atoms with van der Waals surface area (Å²) in [6.07, 6.45) is 2.89. The van der Waals surface area contributed by atoms with Crippen molar-refractivity contribution in [2.75, 3.05) is 18.0 Å². The number of alkyl halides is 2. The molecule has 0 bridgehead atoms. The van der Waals surface area contributed by atoms with E-state index in [9.17, 15) is 8.78 Å². The van der Waals surface area contributed by atoms with Gasteiger partial charge in [0.05, 0.1) is 13.1 Å². The average Bonchev–Trinajstić information content (AvgIpc) is 2.02. The van der Waals surface area contributed by atoms with Gasteiger partial charge in [-0.25, -0.2) is 18.7 Å². The summed E-state index contributed by atoms with van der Waals surface area (Å²) in [5.74, 6) is -1.97. The molecule has 0 atom stereocenters. The molecule has 1 aromatic rings. The Hall–Kier alpha value is -1.26. The number of hydrogen-bond acceptors (Lipinski definition) is 3. The average molecular weight is 171 g/mol. The fourth-order valence-electron chi connectivity index (χ4n) is 1.14. The molecule has 1 aliphatic heterocycles. The van der Waals surface area contributed by atoms with Gasteiger partial charge in [0.2, 0.25) is 0 Å². The molecule has 1 aliphatic rings. The molecule has 1 saturated heterocycles. The third-order valence-electron chi connectivity index (χ3n) is 1.73. The van der Waals surface area contributed by atoms with E-state index in [2.05, 4.69) is 9.97 Å². The topological polar surface area (TPSA) is 29.0 Å². The Bertz CT molecular complexity index is 267. The van der Waals surface area contributed by atoms with Gasteiger partial charge in [0, 0.05) is 6.20 Å². The zero-order chi connectivity index (χ0) is 8.60. The summed E-state index contributed by atoms with van der Waals surface area (Å²) in [6.45, 7) is -0.464. The highest BCUT2D eigenvalue weighted by molar-refractivity contribution is 5.41. The first-order valence-corrected chi connectivity index (χ1v) is 3.56. The second-order valence-corrected chi connectivity index (χ2v) is 2.78. The molecular formula is C7H7F2N3. The van der Waals surface area contributed by atoms with Gasteiger partial charge >= 0.3 is 0 Å². The van der Waals surface area contributed by atoms with Gasteiger partial charge in [-0.05, 0) is 6.07 Å². The molecule has 1 aromatic heterocycles. The molecule has 0 spiro atoms. The molecule has 2 heterocycles. The Labute approximate surface area is 68.1 Å². The van der Waals surface area contributed by atoms with E-state index in [1.807, 2.05) is 0 Å². The first-order chi connectivity index (χ1) is 5.67. The van der Waals surface area contributed by atoms with Crippen LogP contribution in [-0.4, -0.2) is 29.0 Å². The first-order valence-electron chi connectivity index (χ1n) is 3.56. The molecule has 0 amide bonds. The highest BCUT2D eigenvalue weighted by Crippen LogP contribution is 2.29. The number of nitrogens with zero attached hydrogens (tertiary/aromatic N) is 3. The van der Waals surface area contributed by atoms with Crippen LogP contribution in [0.1, 0.15) is 0 Å². The molecule has 1 fully saturated rings. The van der Waals surface area contributed by atoms with Crippen LogP contribution in [0.5, 0.6) is 0 Å². The van der Waals surface area contributed by atoms with Crippen LogP contribution in [0.15, 0.2) is 18.6 Å². The third-order valence-corrected chi connectivity index (χ3v) is 1.73. The van der Waals surface area contributed by atoms with Crippen molar-refractivity contribution in [2.45, 2.75) is 5.92 Å². The summed E-state index contributed by atoms with van der Waals surface area (Å²) < 4.78 is 24.8. The molecule has 12 heavy (non-hydrogen) atoms. The molecule has 64 valence electrons. The quantitative estimate of drug-likeness (QED) is 0.629. The van der Waals surface area contributed by atoms with E-state index in [0.29, 0.717) is 5.82 Å². The number of halogens is 2. The van der Waals surface area contributed by atoms with Crippen molar-refractivity contribution < 1.29 is 8.78 Å². The van der Waals surface area contributed by atoms with E-state index >= 15 is 0 Å². The minimum Gasteiger partial charge on any atom is -0.344 e. The van der Waals surface area contributed by atoms with Crippen LogP contribution in [0, 0.1) is 0 Å². The second-order valence-electron chi connectivity index (χ2n) is 2.78. The maximum absolute atomic E-state index is 12.4. The molecule has 0 aliphatic carbocycles. The Morgan fingerprint density at radius 2 is 2.17 bits per heavy atom. The van der Waals surface area contributed by atoms with Gasteiger partial charge in [0.1, 0.15) is 12.1 Å². The maximum atomic E-state index is 12.4. The summed E-state index contributed by atoms with van der Waals surface area (Å²) in [6, 6.07) is 1.62. The van der Waals surface area contributed by atoms with Gasteiger partial charge in [-0.2, -0.15) is 0 Å². The van der Waals surface area contributed by atoms with Crippen molar-refractivity contribution >= 4 is 5.82 Å². The molecule has 2 rings (SSSR count). The predicted octanol–water partition coefficient (Wildman–Crippen LogP) is 0.932. The predicted molar refractivity (Wildman–Crippen MR) is 39.2 cm³/mol. The largest absolute Gasteiger partial charge is 0.344 e. The van der Waals surface area contributed by atoms with Crippen LogP contribution in [0.3, 0.4) is 0 Å². The lowest BCUT2D eigenvalue weighted by Gasteiger charge is -2.39. The Balaban J connectivity index is 2.06. The summed E-state index contributed by atoms with van der Waals surface area (Å²) in [4.78, 5) is 9.06. The van der Waals surface area contributed by atoms with Crippen molar-refractivity contribution in [1.82, 2.24) is 9.97 Å². The van der Waals surface area contributed by atoms with Crippen molar-refractivity contribution in [3.8, 4) is 0 Å². The van der Waals surface area contributed by atoms with Crippen molar-refractivity contribution in [3.63, 3.8) is 0 Å². The lowest BCUT2D eigenvalue weighted by molar-refractivity contribution is -0.0267. The Kier molecular flexibility index (Phi) is 1.46. The number of hydrogen-bond donors (Lipinski definition) is 0. The maximum Gasteiger partial charge on any atom is 0.282 e. The molecule has 0 radical (unpaired) electrons. The molecule has 0 unspecified atom stereocenters. The van der Waals surface area contributed by atoms with E-state index in [1.54, 1.807) is 12.3 Å². The lowest BCUT2D eigenvalue weighted by atomic mass is 10.1. The zero-order valence-electron chi connectivity index (χ0n) is 6.24. The summed E-state index contributed by atoms with van der Waals surface area (Å²) in [5, 5.41) is 0. The monoisotopic (exact) mass is 171 g/mol.